The number of hydrogen-bond acceptors (Lipinski definition) is 10. The Bertz CT molecular complexity index is 3830. The minimum Gasteiger partial charge on any atom is -0.485 e. The van der Waals surface area contributed by atoms with Crippen LogP contribution in [0.2, 0.25) is 0 Å². The Kier molecular flexibility index (Phi) is 19.5. The van der Waals surface area contributed by atoms with Crippen LogP contribution in [0.3, 0.4) is 0 Å². The fourth-order valence-electron chi connectivity index (χ4n) is 11.5. The standard InChI is InChI=1S/C82H80N2O8/c1-81(2,3)67-55-91-79(83-67)69-65(47-57-31-15-7-16-32-57)73(85-49-59-35-19-9-20-36-59)77(89-53-63-43-27-13-28-44-63)75(87-51-61-39-23-11-24-40-61)71(69)72-70(80-84-68(56-92-80)82(4,5)6)66(48-58-33-17-8-18-34-58)74(86-50-60-37-21-10-22-38-60)78(90-54-64-45-29-14-30-46-64)76(72)88-52-62-41-25-12-26-42-62/h7-46,67-68H,47-56H2,1-6H3/t67-,68-/m1/s1. The maximum atomic E-state index is 7.74. The highest BCUT2D eigenvalue weighted by molar-refractivity contribution is 6.13. The summed E-state index contributed by atoms with van der Waals surface area (Å²) in [5, 5.41) is 0. The van der Waals surface area contributed by atoms with Gasteiger partial charge in [0, 0.05) is 35.1 Å². The zero-order valence-corrected chi connectivity index (χ0v) is 53.5. The molecule has 0 saturated heterocycles. The molecule has 466 valence electrons. The van der Waals surface area contributed by atoms with E-state index in [9.17, 15) is 0 Å². The second kappa shape index (κ2) is 28.8. The Morgan fingerprint density at radius 1 is 0.283 bits per heavy atom. The number of rotatable bonds is 25. The van der Waals surface area contributed by atoms with Gasteiger partial charge in [-0.2, -0.15) is 0 Å². The first-order valence-corrected chi connectivity index (χ1v) is 31.9. The summed E-state index contributed by atoms with van der Waals surface area (Å²) in [4.78, 5) is 11.4. The zero-order chi connectivity index (χ0) is 63.3. The lowest BCUT2D eigenvalue weighted by molar-refractivity contribution is 0.225. The predicted molar refractivity (Wildman–Crippen MR) is 366 cm³/mol. The molecule has 10 aromatic rings. The van der Waals surface area contributed by atoms with E-state index in [0.29, 0.717) is 94.6 Å². The van der Waals surface area contributed by atoms with Crippen LogP contribution in [0.5, 0.6) is 34.5 Å². The number of ether oxygens (including phenoxy) is 8. The first-order valence-electron chi connectivity index (χ1n) is 31.9. The topological polar surface area (TPSA) is 98.6 Å². The van der Waals surface area contributed by atoms with Gasteiger partial charge >= 0.3 is 0 Å². The van der Waals surface area contributed by atoms with Crippen LogP contribution < -0.4 is 28.4 Å². The molecule has 10 aromatic carbocycles. The maximum absolute atomic E-state index is 7.74. The van der Waals surface area contributed by atoms with E-state index >= 15 is 0 Å². The lowest BCUT2D eigenvalue weighted by Crippen LogP contribution is -2.25. The first kappa shape index (κ1) is 62.1. The lowest BCUT2D eigenvalue weighted by Gasteiger charge is -2.30. The van der Waals surface area contributed by atoms with E-state index in [4.69, 9.17) is 47.9 Å². The molecule has 0 unspecified atom stereocenters. The van der Waals surface area contributed by atoms with Crippen LogP contribution in [0.4, 0.5) is 0 Å². The smallest absolute Gasteiger partial charge is 0.217 e. The molecular weight excluding hydrogens is 1140 g/mol. The molecule has 10 nitrogen and oxygen atoms in total. The summed E-state index contributed by atoms with van der Waals surface area (Å²) in [6, 6.07) is 81.7. The van der Waals surface area contributed by atoms with Gasteiger partial charge in [-0.15, -0.1) is 0 Å². The monoisotopic (exact) mass is 1220 g/mol. The molecule has 0 N–H and O–H groups in total. The summed E-state index contributed by atoms with van der Waals surface area (Å²) >= 11 is 0. The normalized spacial score (nSPS) is 14.5. The van der Waals surface area contributed by atoms with Crippen molar-refractivity contribution in [3.63, 3.8) is 0 Å². The van der Waals surface area contributed by atoms with Gasteiger partial charge in [-0.25, -0.2) is 9.98 Å². The Morgan fingerprint density at radius 3 is 0.728 bits per heavy atom. The summed E-state index contributed by atoms with van der Waals surface area (Å²) in [6.45, 7) is 14.8. The molecule has 0 aromatic heterocycles. The van der Waals surface area contributed by atoms with Crippen molar-refractivity contribution >= 4 is 11.8 Å². The molecule has 0 amide bonds. The van der Waals surface area contributed by atoms with E-state index in [1.165, 1.54) is 0 Å². The molecule has 0 fully saturated rings. The molecule has 0 radical (unpaired) electrons. The average Bonchev–Trinajstić information content (AvgIpc) is 0.994. The number of benzene rings is 10. The maximum Gasteiger partial charge on any atom is 0.217 e. The van der Waals surface area contributed by atoms with Crippen LogP contribution in [-0.2, 0) is 62.0 Å². The minimum absolute atomic E-state index is 0.120. The van der Waals surface area contributed by atoms with E-state index in [1.54, 1.807) is 0 Å². The molecule has 92 heavy (non-hydrogen) atoms. The third kappa shape index (κ3) is 15.0. The van der Waals surface area contributed by atoms with Crippen molar-refractivity contribution in [1.29, 1.82) is 0 Å². The molecule has 2 heterocycles. The SMILES string of the molecule is CC(C)(C)[C@H]1COC(c2c(Cc3ccccc3)c(OCc3ccccc3)c(OCc3ccccc3)c(OCc3ccccc3)c2-c2c(OCc3ccccc3)c(OCc3ccccc3)c(OCc3ccccc3)c(Cc3ccccc3)c2C2=N[C@@H](C(C)(C)C)CO2)=N1. The van der Waals surface area contributed by atoms with Gasteiger partial charge in [0.15, 0.2) is 23.0 Å². The summed E-state index contributed by atoms with van der Waals surface area (Å²) in [5.41, 5.74) is 11.0. The minimum atomic E-state index is -0.304. The van der Waals surface area contributed by atoms with Crippen LogP contribution in [0.15, 0.2) is 253 Å². The molecule has 2 aliphatic heterocycles. The van der Waals surface area contributed by atoms with E-state index in [-0.39, 0.29) is 62.6 Å². The Labute approximate surface area is 542 Å². The third-order valence-electron chi connectivity index (χ3n) is 16.7. The molecule has 2 aliphatic rings. The number of aliphatic imine (C=N–C) groups is 2. The highest BCUT2D eigenvalue weighted by Gasteiger charge is 2.43. The third-order valence-corrected chi connectivity index (χ3v) is 16.7. The number of hydrogen-bond donors (Lipinski definition) is 0. The number of nitrogens with zero attached hydrogens (tertiary/aromatic N) is 2. The Balaban J connectivity index is 1.31. The summed E-state index contributed by atoms with van der Waals surface area (Å²) in [7, 11) is 0. The molecule has 12 rings (SSSR count). The quantitative estimate of drug-likeness (QED) is 0.0558. The van der Waals surface area contributed by atoms with Crippen LogP contribution >= 0.6 is 0 Å². The van der Waals surface area contributed by atoms with Crippen molar-refractivity contribution in [1.82, 2.24) is 0 Å². The van der Waals surface area contributed by atoms with E-state index in [2.05, 4.69) is 163 Å². The van der Waals surface area contributed by atoms with Crippen molar-refractivity contribution in [3.05, 3.63) is 309 Å². The fourth-order valence-corrected chi connectivity index (χ4v) is 11.5. The molecule has 0 bridgehead atoms. The predicted octanol–water partition coefficient (Wildman–Crippen LogP) is 18.4. The second-order valence-corrected chi connectivity index (χ2v) is 25.7. The fraction of sp³-hybridized carbons (Fsp3) is 0.244. The highest BCUT2D eigenvalue weighted by atomic mass is 16.6. The van der Waals surface area contributed by atoms with E-state index in [0.717, 1.165) is 55.6 Å². The molecule has 0 aliphatic carbocycles. The molecule has 0 saturated carbocycles. The summed E-state index contributed by atoms with van der Waals surface area (Å²) < 4.78 is 60.0. The van der Waals surface area contributed by atoms with Crippen molar-refractivity contribution in [2.45, 2.75) is 106 Å². The largest absolute Gasteiger partial charge is 0.485 e. The van der Waals surface area contributed by atoms with Gasteiger partial charge in [0.25, 0.3) is 0 Å². The van der Waals surface area contributed by atoms with Gasteiger partial charge in [0.1, 0.15) is 52.9 Å². The van der Waals surface area contributed by atoms with E-state index in [1.807, 2.05) is 121 Å². The summed E-state index contributed by atoms with van der Waals surface area (Å²) in [6.07, 6.45) is 0.699. The van der Waals surface area contributed by atoms with Crippen molar-refractivity contribution in [2.24, 2.45) is 20.8 Å². The van der Waals surface area contributed by atoms with Crippen molar-refractivity contribution in [2.75, 3.05) is 13.2 Å². The van der Waals surface area contributed by atoms with Gasteiger partial charge < -0.3 is 37.9 Å². The highest BCUT2D eigenvalue weighted by Crippen LogP contribution is 2.59. The van der Waals surface area contributed by atoms with Crippen molar-refractivity contribution < 1.29 is 37.9 Å². The van der Waals surface area contributed by atoms with Gasteiger partial charge in [-0.3, -0.25) is 0 Å². The molecular formula is C82H80N2O8. The first-order chi connectivity index (χ1) is 44.9. The van der Waals surface area contributed by atoms with Gasteiger partial charge in [-0.1, -0.05) is 284 Å². The van der Waals surface area contributed by atoms with Crippen LogP contribution in [0, 0.1) is 10.8 Å². The molecule has 0 spiro atoms. The molecule has 10 heteroatoms. The van der Waals surface area contributed by atoms with Crippen LogP contribution in [0.25, 0.3) is 11.1 Å². The lowest BCUT2D eigenvalue weighted by atomic mass is 9.83. The summed E-state index contributed by atoms with van der Waals surface area (Å²) in [5.74, 6) is 3.25. The zero-order valence-electron chi connectivity index (χ0n) is 53.5. The van der Waals surface area contributed by atoms with Crippen molar-refractivity contribution in [3.8, 4) is 45.6 Å². The second-order valence-electron chi connectivity index (χ2n) is 25.7. The average molecular weight is 1220 g/mol. The Morgan fingerprint density at radius 2 is 0.500 bits per heavy atom. The van der Waals surface area contributed by atoms with Gasteiger partial charge in [0.05, 0.1) is 23.2 Å². The van der Waals surface area contributed by atoms with Crippen LogP contribution in [0.1, 0.15) is 108 Å². The Hall–Kier alpha value is -10.1. The van der Waals surface area contributed by atoms with E-state index < -0.39 is 0 Å². The molecule has 2 atom stereocenters. The van der Waals surface area contributed by atoms with Gasteiger partial charge in [0.2, 0.25) is 23.3 Å². The van der Waals surface area contributed by atoms with Crippen LogP contribution in [-0.4, -0.2) is 37.1 Å². The van der Waals surface area contributed by atoms with Gasteiger partial charge in [-0.05, 0) is 55.3 Å².